The fraction of sp³-hybridized carbons (Fsp3) is 0.194. The zero-order valence-electron chi connectivity index (χ0n) is 22.0. The lowest BCUT2D eigenvalue weighted by atomic mass is 10.1. The molecule has 0 N–H and O–H groups in total. The van der Waals surface area contributed by atoms with Crippen molar-refractivity contribution in [2.75, 3.05) is 13.7 Å². The predicted octanol–water partition coefficient (Wildman–Crippen LogP) is 5.79. The van der Waals surface area contributed by atoms with Gasteiger partial charge in [-0.2, -0.15) is 0 Å². The number of carbonyl (C=O) groups excluding carboxylic acids is 1. The number of nitrogens with zero attached hydrogens (tertiary/aromatic N) is 3. The molecule has 3 aromatic carbocycles. The summed E-state index contributed by atoms with van der Waals surface area (Å²) < 4.78 is 18.4. The molecule has 0 aliphatic carbocycles. The molecule has 1 atom stereocenters. The van der Waals surface area contributed by atoms with Gasteiger partial charge in [0.1, 0.15) is 23.1 Å². The molecule has 2 aromatic heterocycles. The SMILES string of the molecule is CCOc1ccccc1-n1c(C(C)N(Cc2ccco2)C(=O)c2cccc(OC)c2)nc2ccccc2c1=O. The molecule has 39 heavy (non-hydrogen) atoms. The van der Waals surface area contributed by atoms with Gasteiger partial charge in [0.25, 0.3) is 11.5 Å². The maximum absolute atomic E-state index is 14.0. The first kappa shape index (κ1) is 25.8. The molecule has 0 bridgehead atoms. The number of benzene rings is 3. The van der Waals surface area contributed by atoms with Crippen molar-refractivity contribution in [3.63, 3.8) is 0 Å². The molecule has 0 fully saturated rings. The van der Waals surface area contributed by atoms with Crippen molar-refractivity contribution >= 4 is 16.8 Å². The standard InChI is InChI=1S/C31H29N3O5/c1-4-38-28-17-8-7-16-27(28)34-29(32-26-15-6-5-14-25(26)31(34)36)21(2)33(20-24-13-10-18-39-24)30(35)22-11-9-12-23(19-22)37-3/h5-19,21H,4,20H2,1-3H3. The number of fused-ring (bicyclic) bond motifs is 1. The van der Waals surface area contributed by atoms with E-state index in [1.165, 1.54) is 0 Å². The average Bonchev–Trinajstić information content (AvgIpc) is 3.49. The Bertz CT molecular complexity index is 1660. The first-order valence-corrected chi connectivity index (χ1v) is 12.7. The van der Waals surface area contributed by atoms with Crippen molar-refractivity contribution in [3.05, 3.63) is 119 Å². The van der Waals surface area contributed by atoms with Crippen molar-refractivity contribution in [3.8, 4) is 17.2 Å². The molecule has 198 valence electrons. The largest absolute Gasteiger partial charge is 0.497 e. The Morgan fingerprint density at radius 2 is 1.82 bits per heavy atom. The molecule has 0 aliphatic heterocycles. The van der Waals surface area contributed by atoms with Crippen LogP contribution in [0, 0.1) is 0 Å². The van der Waals surface area contributed by atoms with Gasteiger partial charge in [-0.3, -0.25) is 14.2 Å². The quantitative estimate of drug-likeness (QED) is 0.243. The highest BCUT2D eigenvalue weighted by atomic mass is 16.5. The maximum atomic E-state index is 14.0. The molecule has 8 nitrogen and oxygen atoms in total. The molecule has 0 aliphatic rings. The summed E-state index contributed by atoms with van der Waals surface area (Å²) in [5.41, 5.74) is 1.29. The molecule has 0 spiro atoms. The van der Waals surface area contributed by atoms with E-state index in [0.29, 0.717) is 51.8 Å². The number of ether oxygens (including phenoxy) is 2. The van der Waals surface area contributed by atoms with E-state index in [-0.39, 0.29) is 18.0 Å². The molecule has 8 heteroatoms. The number of hydrogen-bond acceptors (Lipinski definition) is 6. The van der Waals surface area contributed by atoms with Crippen LogP contribution in [0.1, 0.15) is 41.8 Å². The van der Waals surface area contributed by atoms with Crippen molar-refractivity contribution in [1.29, 1.82) is 0 Å². The van der Waals surface area contributed by atoms with Crippen LogP contribution in [-0.2, 0) is 6.54 Å². The van der Waals surface area contributed by atoms with Gasteiger partial charge < -0.3 is 18.8 Å². The minimum Gasteiger partial charge on any atom is -0.497 e. The summed E-state index contributed by atoms with van der Waals surface area (Å²) in [6, 6.07) is 24.4. The number of furan rings is 1. The second kappa shape index (κ2) is 11.3. The van der Waals surface area contributed by atoms with Gasteiger partial charge in [0.05, 0.1) is 49.2 Å². The summed E-state index contributed by atoms with van der Waals surface area (Å²) in [6.07, 6.45) is 1.57. The zero-order chi connectivity index (χ0) is 27.4. The number of hydrogen-bond donors (Lipinski definition) is 0. The van der Waals surface area contributed by atoms with E-state index in [1.54, 1.807) is 65.3 Å². The van der Waals surface area contributed by atoms with Crippen molar-refractivity contribution < 1.29 is 18.7 Å². The number of amides is 1. The molecule has 1 unspecified atom stereocenters. The summed E-state index contributed by atoms with van der Waals surface area (Å²) in [6.45, 7) is 4.34. The van der Waals surface area contributed by atoms with Crippen LogP contribution in [0.3, 0.4) is 0 Å². The van der Waals surface area contributed by atoms with E-state index in [9.17, 15) is 9.59 Å². The second-order valence-corrected chi connectivity index (χ2v) is 8.95. The number of rotatable bonds is 9. The van der Waals surface area contributed by atoms with E-state index < -0.39 is 6.04 Å². The van der Waals surface area contributed by atoms with Gasteiger partial charge in [-0.1, -0.05) is 30.3 Å². The third-order valence-electron chi connectivity index (χ3n) is 6.53. The van der Waals surface area contributed by atoms with Crippen LogP contribution in [-0.4, -0.2) is 34.1 Å². The van der Waals surface area contributed by atoms with Crippen molar-refractivity contribution in [2.45, 2.75) is 26.4 Å². The van der Waals surface area contributed by atoms with Gasteiger partial charge in [-0.25, -0.2) is 4.98 Å². The Morgan fingerprint density at radius 1 is 1.03 bits per heavy atom. The van der Waals surface area contributed by atoms with E-state index in [1.807, 2.05) is 56.3 Å². The topological polar surface area (TPSA) is 86.8 Å². The minimum absolute atomic E-state index is 0.167. The molecule has 2 heterocycles. The van der Waals surface area contributed by atoms with Crippen molar-refractivity contribution in [1.82, 2.24) is 14.5 Å². The Labute approximate surface area is 226 Å². The number of methoxy groups -OCH3 is 1. The Morgan fingerprint density at radius 3 is 2.59 bits per heavy atom. The zero-order valence-corrected chi connectivity index (χ0v) is 22.0. The fourth-order valence-electron chi connectivity index (χ4n) is 4.60. The van der Waals surface area contributed by atoms with E-state index in [0.717, 1.165) is 0 Å². The fourth-order valence-corrected chi connectivity index (χ4v) is 4.60. The predicted molar refractivity (Wildman–Crippen MR) is 148 cm³/mol. The lowest BCUT2D eigenvalue weighted by Gasteiger charge is -2.30. The molecule has 1 amide bonds. The summed E-state index contributed by atoms with van der Waals surface area (Å²) in [5.74, 6) is 1.85. The lowest BCUT2D eigenvalue weighted by Crippen LogP contribution is -2.37. The minimum atomic E-state index is -0.638. The maximum Gasteiger partial charge on any atom is 0.266 e. The van der Waals surface area contributed by atoms with Crippen LogP contribution in [0.5, 0.6) is 11.5 Å². The average molecular weight is 524 g/mol. The Hall–Kier alpha value is -4.85. The monoisotopic (exact) mass is 523 g/mol. The summed E-state index contributed by atoms with van der Waals surface area (Å²) in [4.78, 5) is 34.6. The molecule has 0 saturated heterocycles. The first-order chi connectivity index (χ1) is 19.0. The van der Waals surface area contributed by atoms with E-state index in [2.05, 4.69) is 0 Å². The molecular weight excluding hydrogens is 494 g/mol. The van der Waals surface area contributed by atoms with Crippen LogP contribution in [0.15, 0.2) is 100 Å². The lowest BCUT2D eigenvalue weighted by molar-refractivity contribution is 0.0648. The summed E-state index contributed by atoms with van der Waals surface area (Å²) in [5, 5.41) is 0.469. The van der Waals surface area contributed by atoms with Gasteiger partial charge in [-0.05, 0) is 68.4 Å². The smallest absolute Gasteiger partial charge is 0.266 e. The van der Waals surface area contributed by atoms with Crippen LogP contribution in [0.25, 0.3) is 16.6 Å². The molecule has 0 radical (unpaired) electrons. The summed E-state index contributed by atoms with van der Waals surface area (Å²) >= 11 is 0. The van der Waals surface area contributed by atoms with Gasteiger partial charge in [0.15, 0.2) is 0 Å². The number of carbonyl (C=O) groups is 1. The van der Waals surface area contributed by atoms with Crippen LogP contribution >= 0.6 is 0 Å². The highest BCUT2D eigenvalue weighted by molar-refractivity contribution is 5.95. The third kappa shape index (κ3) is 5.13. The van der Waals surface area contributed by atoms with Crippen LogP contribution in [0.2, 0.25) is 0 Å². The first-order valence-electron chi connectivity index (χ1n) is 12.7. The summed E-state index contributed by atoms with van der Waals surface area (Å²) in [7, 11) is 1.56. The third-order valence-corrected chi connectivity index (χ3v) is 6.53. The molecule has 0 saturated carbocycles. The number of para-hydroxylation sites is 3. The highest BCUT2D eigenvalue weighted by Crippen LogP contribution is 2.30. The second-order valence-electron chi connectivity index (χ2n) is 8.95. The van der Waals surface area contributed by atoms with E-state index in [4.69, 9.17) is 18.9 Å². The molecule has 5 rings (SSSR count). The van der Waals surface area contributed by atoms with Crippen LogP contribution < -0.4 is 15.0 Å². The molecular formula is C31H29N3O5. The van der Waals surface area contributed by atoms with Crippen LogP contribution in [0.4, 0.5) is 0 Å². The van der Waals surface area contributed by atoms with Gasteiger partial charge in [0.2, 0.25) is 0 Å². The van der Waals surface area contributed by atoms with Gasteiger partial charge >= 0.3 is 0 Å². The molecule has 5 aromatic rings. The highest BCUT2D eigenvalue weighted by Gasteiger charge is 2.29. The van der Waals surface area contributed by atoms with Crippen molar-refractivity contribution in [2.24, 2.45) is 0 Å². The Balaban J connectivity index is 1.72. The normalized spacial score (nSPS) is 11.8. The number of aromatic nitrogens is 2. The van der Waals surface area contributed by atoms with Gasteiger partial charge in [0, 0.05) is 5.56 Å². The van der Waals surface area contributed by atoms with Gasteiger partial charge in [-0.15, -0.1) is 0 Å². The van der Waals surface area contributed by atoms with E-state index >= 15 is 0 Å². The Kier molecular flexibility index (Phi) is 7.45.